The van der Waals surface area contributed by atoms with Crippen molar-refractivity contribution in [2.75, 3.05) is 0 Å². The van der Waals surface area contributed by atoms with E-state index in [4.69, 9.17) is 10.2 Å². The fourth-order valence-electron chi connectivity index (χ4n) is 5.69. The van der Waals surface area contributed by atoms with Gasteiger partial charge in [-0.15, -0.1) is 0 Å². The topological polar surface area (TPSA) is 76.5 Å². The SMILES string of the molecule is NC(C(=O)O)(c1ccco1)C12CC3CC(CC(C3)C1)C2. The van der Waals surface area contributed by atoms with Crippen molar-refractivity contribution < 1.29 is 14.3 Å². The first-order chi connectivity index (χ1) is 9.53. The standard InChI is InChI=1S/C16H21NO3/c17-16(14(18)19,13-2-1-3-20-13)15-7-10-4-11(8-15)6-12(5-10)9-15/h1-3,10-12H,4-9,17H2,(H,18,19). The van der Waals surface area contributed by atoms with Gasteiger partial charge in [-0.2, -0.15) is 0 Å². The summed E-state index contributed by atoms with van der Waals surface area (Å²) in [5, 5.41) is 9.88. The van der Waals surface area contributed by atoms with Gasteiger partial charge in [0.05, 0.1) is 6.26 Å². The number of aliphatic carboxylic acids is 1. The van der Waals surface area contributed by atoms with E-state index in [1.165, 1.54) is 25.5 Å². The van der Waals surface area contributed by atoms with Crippen molar-refractivity contribution in [2.24, 2.45) is 28.9 Å². The molecular formula is C16H21NO3. The van der Waals surface area contributed by atoms with E-state index in [0.29, 0.717) is 23.5 Å². The van der Waals surface area contributed by atoms with Crippen molar-refractivity contribution in [3.05, 3.63) is 24.2 Å². The van der Waals surface area contributed by atoms with Crippen LogP contribution in [0.3, 0.4) is 0 Å². The van der Waals surface area contributed by atoms with Crippen LogP contribution >= 0.6 is 0 Å². The number of hydrogen-bond donors (Lipinski definition) is 2. The predicted octanol–water partition coefficient (Wildman–Crippen LogP) is 2.73. The molecule has 3 N–H and O–H groups in total. The second-order valence-corrected chi connectivity index (χ2v) is 7.29. The number of hydrogen-bond acceptors (Lipinski definition) is 3. The Labute approximate surface area is 118 Å². The lowest BCUT2D eigenvalue weighted by Crippen LogP contribution is -2.64. The summed E-state index contributed by atoms with van der Waals surface area (Å²) in [5.41, 5.74) is 4.83. The summed E-state index contributed by atoms with van der Waals surface area (Å²) in [7, 11) is 0. The molecule has 20 heavy (non-hydrogen) atoms. The van der Waals surface area contributed by atoms with Gasteiger partial charge >= 0.3 is 5.97 Å². The summed E-state index contributed by atoms with van der Waals surface area (Å²) < 4.78 is 5.44. The summed E-state index contributed by atoms with van der Waals surface area (Å²) >= 11 is 0. The first-order valence-electron chi connectivity index (χ1n) is 7.60. The van der Waals surface area contributed by atoms with E-state index in [9.17, 15) is 9.90 Å². The molecule has 4 saturated carbocycles. The summed E-state index contributed by atoms with van der Waals surface area (Å²) in [4.78, 5) is 12.1. The molecule has 0 saturated heterocycles. The number of rotatable bonds is 3. The predicted molar refractivity (Wildman–Crippen MR) is 72.8 cm³/mol. The van der Waals surface area contributed by atoms with Crippen molar-refractivity contribution >= 4 is 5.97 Å². The van der Waals surface area contributed by atoms with E-state index < -0.39 is 11.5 Å². The van der Waals surface area contributed by atoms with Crippen LogP contribution in [0.25, 0.3) is 0 Å². The van der Waals surface area contributed by atoms with Gasteiger partial charge in [0, 0.05) is 5.41 Å². The number of furan rings is 1. The second-order valence-electron chi connectivity index (χ2n) is 7.29. The van der Waals surface area contributed by atoms with Crippen molar-refractivity contribution in [1.82, 2.24) is 0 Å². The molecule has 108 valence electrons. The molecule has 4 aliphatic carbocycles. The molecular weight excluding hydrogens is 254 g/mol. The first kappa shape index (κ1) is 12.5. The highest BCUT2D eigenvalue weighted by molar-refractivity contribution is 5.81. The van der Waals surface area contributed by atoms with Crippen LogP contribution in [-0.4, -0.2) is 11.1 Å². The number of carboxylic acid groups (broad SMARTS) is 1. The van der Waals surface area contributed by atoms with Gasteiger partial charge in [0.2, 0.25) is 0 Å². The maximum Gasteiger partial charge on any atom is 0.332 e. The quantitative estimate of drug-likeness (QED) is 0.889. The lowest BCUT2D eigenvalue weighted by molar-refractivity contribution is -0.165. The average molecular weight is 275 g/mol. The number of nitrogens with two attached hydrogens (primary N) is 1. The molecule has 0 amide bonds. The molecule has 4 fully saturated rings. The minimum atomic E-state index is -1.37. The third-order valence-corrected chi connectivity index (χ3v) is 6.12. The van der Waals surface area contributed by atoms with E-state index >= 15 is 0 Å². The van der Waals surface area contributed by atoms with E-state index in [1.54, 1.807) is 12.1 Å². The van der Waals surface area contributed by atoms with Crippen molar-refractivity contribution in [2.45, 2.75) is 44.1 Å². The molecule has 4 aliphatic rings. The Kier molecular flexibility index (Phi) is 2.41. The smallest absolute Gasteiger partial charge is 0.332 e. The Morgan fingerprint density at radius 2 is 1.80 bits per heavy atom. The highest BCUT2D eigenvalue weighted by Gasteiger charge is 2.64. The van der Waals surface area contributed by atoms with Gasteiger partial charge in [-0.1, -0.05) is 0 Å². The summed E-state index contributed by atoms with van der Waals surface area (Å²) in [5.74, 6) is 1.48. The molecule has 1 aromatic heterocycles. The van der Waals surface area contributed by atoms with Gasteiger partial charge in [0.1, 0.15) is 5.76 Å². The van der Waals surface area contributed by atoms with Crippen LogP contribution in [-0.2, 0) is 10.3 Å². The monoisotopic (exact) mass is 275 g/mol. The van der Waals surface area contributed by atoms with Crippen LogP contribution in [0, 0.1) is 23.2 Å². The van der Waals surface area contributed by atoms with Crippen LogP contribution in [0.5, 0.6) is 0 Å². The van der Waals surface area contributed by atoms with Gasteiger partial charge in [-0.05, 0) is 68.4 Å². The normalized spacial score (nSPS) is 41.5. The molecule has 1 unspecified atom stereocenters. The molecule has 0 radical (unpaired) electrons. The molecule has 4 heteroatoms. The Hall–Kier alpha value is -1.29. The highest BCUT2D eigenvalue weighted by atomic mass is 16.4. The van der Waals surface area contributed by atoms with Crippen molar-refractivity contribution in [3.8, 4) is 0 Å². The fraction of sp³-hybridized carbons (Fsp3) is 0.688. The maximum atomic E-state index is 12.1. The molecule has 0 aliphatic heterocycles. The Morgan fingerprint density at radius 3 is 2.20 bits per heavy atom. The zero-order chi connectivity index (χ0) is 14.0. The lowest BCUT2D eigenvalue weighted by Gasteiger charge is -2.60. The van der Waals surface area contributed by atoms with Crippen LogP contribution in [0.15, 0.2) is 22.8 Å². The zero-order valence-electron chi connectivity index (χ0n) is 11.5. The highest BCUT2D eigenvalue weighted by Crippen LogP contribution is 2.65. The first-order valence-corrected chi connectivity index (χ1v) is 7.60. The Morgan fingerprint density at radius 1 is 1.25 bits per heavy atom. The molecule has 4 nitrogen and oxygen atoms in total. The molecule has 1 aromatic rings. The third kappa shape index (κ3) is 1.43. The largest absolute Gasteiger partial charge is 0.480 e. The second kappa shape index (κ2) is 3.88. The van der Waals surface area contributed by atoms with Gasteiger partial charge < -0.3 is 15.3 Å². The van der Waals surface area contributed by atoms with Gasteiger partial charge in [-0.3, -0.25) is 0 Å². The van der Waals surface area contributed by atoms with Crippen LogP contribution in [0.4, 0.5) is 0 Å². The molecule has 4 bridgehead atoms. The minimum absolute atomic E-state index is 0.314. The molecule has 1 atom stereocenters. The third-order valence-electron chi connectivity index (χ3n) is 6.12. The number of carbonyl (C=O) groups is 1. The zero-order valence-corrected chi connectivity index (χ0v) is 11.5. The van der Waals surface area contributed by atoms with E-state index in [1.807, 2.05) is 0 Å². The van der Waals surface area contributed by atoms with Crippen molar-refractivity contribution in [1.29, 1.82) is 0 Å². The maximum absolute atomic E-state index is 12.1. The fourth-order valence-corrected chi connectivity index (χ4v) is 5.69. The lowest BCUT2D eigenvalue weighted by atomic mass is 9.44. The molecule has 5 rings (SSSR count). The van der Waals surface area contributed by atoms with E-state index in [2.05, 4.69) is 0 Å². The van der Waals surface area contributed by atoms with Gasteiger partial charge in [-0.25, -0.2) is 4.79 Å². The average Bonchev–Trinajstić information content (AvgIpc) is 2.89. The Bertz CT molecular complexity index is 501. The van der Waals surface area contributed by atoms with Crippen LogP contribution < -0.4 is 5.73 Å². The van der Waals surface area contributed by atoms with Crippen LogP contribution in [0.1, 0.15) is 44.3 Å². The summed E-state index contributed by atoms with van der Waals surface area (Å²) in [6.07, 6.45) is 8.18. The summed E-state index contributed by atoms with van der Waals surface area (Å²) in [6, 6.07) is 3.47. The Balaban J connectivity index is 1.83. The van der Waals surface area contributed by atoms with Gasteiger partial charge in [0.15, 0.2) is 5.54 Å². The number of carboxylic acids is 1. The van der Waals surface area contributed by atoms with E-state index in [-0.39, 0.29) is 5.41 Å². The van der Waals surface area contributed by atoms with Gasteiger partial charge in [0.25, 0.3) is 0 Å². The van der Waals surface area contributed by atoms with Crippen LogP contribution in [0.2, 0.25) is 0 Å². The minimum Gasteiger partial charge on any atom is -0.480 e. The van der Waals surface area contributed by atoms with Crippen molar-refractivity contribution in [3.63, 3.8) is 0 Å². The molecule has 1 heterocycles. The molecule has 0 spiro atoms. The summed E-state index contributed by atoms with van der Waals surface area (Å²) in [6.45, 7) is 0. The van der Waals surface area contributed by atoms with E-state index in [0.717, 1.165) is 19.3 Å². The molecule has 0 aromatic carbocycles.